The molecule has 2 N–H and O–H groups in total. The molecule has 1 aromatic rings. The van der Waals surface area contributed by atoms with Crippen molar-refractivity contribution in [3.8, 4) is 0 Å². The van der Waals surface area contributed by atoms with Gasteiger partial charge in [-0.15, -0.1) is 10.2 Å². The van der Waals surface area contributed by atoms with Gasteiger partial charge in [0.1, 0.15) is 0 Å². The Morgan fingerprint density at radius 2 is 2.06 bits per heavy atom. The zero-order valence-electron chi connectivity index (χ0n) is 10.4. The number of aromatic nitrogens is 4. The van der Waals surface area contributed by atoms with E-state index in [0.29, 0.717) is 6.04 Å². The van der Waals surface area contributed by atoms with Gasteiger partial charge in [0.2, 0.25) is 0 Å². The van der Waals surface area contributed by atoms with Gasteiger partial charge in [-0.2, -0.15) is 5.21 Å². The van der Waals surface area contributed by atoms with Crippen molar-refractivity contribution in [1.29, 1.82) is 0 Å². The van der Waals surface area contributed by atoms with E-state index in [0.717, 1.165) is 17.9 Å². The van der Waals surface area contributed by atoms with Crippen LogP contribution in [-0.4, -0.2) is 50.7 Å². The van der Waals surface area contributed by atoms with Crippen molar-refractivity contribution < 1.29 is 0 Å². The molecular weight excluding hydrogens is 216 g/mol. The highest BCUT2D eigenvalue weighted by atomic mass is 15.5. The number of fused-ring (bicyclic) bond motifs is 2. The summed E-state index contributed by atoms with van der Waals surface area (Å²) < 4.78 is 0. The third kappa shape index (κ3) is 2.07. The van der Waals surface area contributed by atoms with Crippen molar-refractivity contribution in [2.24, 2.45) is 0 Å². The molecule has 3 unspecified atom stereocenters. The molecule has 0 spiro atoms. The number of piperidine rings is 1. The lowest BCUT2D eigenvalue weighted by atomic mass is 9.97. The molecule has 0 radical (unpaired) electrons. The highest BCUT2D eigenvalue weighted by molar-refractivity contribution is 4.98. The van der Waals surface area contributed by atoms with Gasteiger partial charge in [-0.3, -0.25) is 0 Å². The van der Waals surface area contributed by atoms with Gasteiger partial charge >= 0.3 is 0 Å². The highest BCUT2D eigenvalue weighted by Crippen LogP contribution is 2.34. The second-order valence-electron chi connectivity index (χ2n) is 5.38. The summed E-state index contributed by atoms with van der Waals surface area (Å²) in [6, 6.07) is 2.31. The fourth-order valence-corrected chi connectivity index (χ4v) is 3.33. The Labute approximate surface area is 101 Å². The van der Waals surface area contributed by atoms with Crippen molar-refractivity contribution in [2.75, 3.05) is 7.05 Å². The molecule has 2 saturated heterocycles. The Bertz CT molecular complexity index is 350. The van der Waals surface area contributed by atoms with Crippen molar-refractivity contribution in [2.45, 2.75) is 56.8 Å². The minimum atomic E-state index is 0.182. The fraction of sp³-hybridized carbons (Fsp3) is 0.909. The average molecular weight is 236 g/mol. The summed E-state index contributed by atoms with van der Waals surface area (Å²) in [5, 5.41) is 17.8. The molecule has 6 nitrogen and oxygen atoms in total. The maximum absolute atomic E-state index is 4.03. The van der Waals surface area contributed by atoms with Crippen molar-refractivity contribution in [3.05, 3.63) is 5.82 Å². The quantitative estimate of drug-likeness (QED) is 0.798. The third-order valence-corrected chi connectivity index (χ3v) is 4.33. The van der Waals surface area contributed by atoms with Gasteiger partial charge in [0, 0.05) is 18.1 Å². The zero-order valence-corrected chi connectivity index (χ0v) is 10.4. The Morgan fingerprint density at radius 1 is 1.35 bits per heavy atom. The molecule has 0 amide bonds. The topological polar surface area (TPSA) is 69.7 Å². The lowest BCUT2D eigenvalue weighted by molar-refractivity contribution is 0.143. The first kappa shape index (κ1) is 11.1. The van der Waals surface area contributed by atoms with Crippen molar-refractivity contribution >= 4 is 0 Å². The first-order valence-corrected chi connectivity index (χ1v) is 6.45. The van der Waals surface area contributed by atoms with Crippen LogP contribution < -0.4 is 5.32 Å². The number of nitrogens with one attached hydrogen (secondary N) is 2. The molecule has 3 heterocycles. The van der Waals surface area contributed by atoms with Gasteiger partial charge in [-0.1, -0.05) is 5.21 Å². The number of hydrogen-bond acceptors (Lipinski definition) is 5. The first-order valence-electron chi connectivity index (χ1n) is 6.45. The lowest BCUT2D eigenvalue weighted by Gasteiger charge is -2.37. The van der Waals surface area contributed by atoms with Gasteiger partial charge < -0.3 is 10.2 Å². The van der Waals surface area contributed by atoms with Crippen molar-refractivity contribution in [3.63, 3.8) is 0 Å². The van der Waals surface area contributed by atoms with Crippen LogP contribution in [0.2, 0.25) is 0 Å². The van der Waals surface area contributed by atoms with Crippen LogP contribution in [0.25, 0.3) is 0 Å². The molecule has 2 aliphatic heterocycles. The Morgan fingerprint density at radius 3 is 2.65 bits per heavy atom. The van der Waals surface area contributed by atoms with Gasteiger partial charge in [0.15, 0.2) is 5.82 Å². The van der Waals surface area contributed by atoms with E-state index < -0.39 is 0 Å². The molecule has 17 heavy (non-hydrogen) atoms. The number of tetrazole rings is 1. The molecular formula is C11H20N6. The summed E-state index contributed by atoms with van der Waals surface area (Å²) in [4.78, 5) is 2.55. The van der Waals surface area contributed by atoms with Crippen LogP contribution in [0.4, 0.5) is 0 Å². The van der Waals surface area contributed by atoms with Crippen LogP contribution in [0.3, 0.4) is 0 Å². The molecule has 2 bridgehead atoms. The van der Waals surface area contributed by atoms with E-state index in [4.69, 9.17) is 0 Å². The largest absolute Gasteiger partial charge is 0.304 e. The van der Waals surface area contributed by atoms with Gasteiger partial charge in [0.25, 0.3) is 0 Å². The predicted octanol–water partition coefficient (Wildman–Crippen LogP) is 0.476. The van der Waals surface area contributed by atoms with Gasteiger partial charge in [-0.05, 0) is 39.7 Å². The Balaban J connectivity index is 1.60. The van der Waals surface area contributed by atoms with E-state index >= 15 is 0 Å². The normalized spacial score (nSPS) is 35.1. The molecule has 2 aliphatic rings. The summed E-state index contributed by atoms with van der Waals surface area (Å²) in [7, 11) is 2.27. The minimum Gasteiger partial charge on any atom is -0.304 e. The molecule has 0 aliphatic carbocycles. The smallest absolute Gasteiger partial charge is 0.191 e. The molecule has 2 fully saturated rings. The molecule has 0 aromatic carbocycles. The summed E-state index contributed by atoms with van der Waals surface area (Å²) in [5.74, 6) is 0.760. The fourth-order valence-electron chi connectivity index (χ4n) is 3.33. The van der Waals surface area contributed by atoms with E-state index in [-0.39, 0.29) is 6.04 Å². The van der Waals surface area contributed by atoms with Gasteiger partial charge in [-0.25, -0.2) is 0 Å². The van der Waals surface area contributed by atoms with Crippen LogP contribution in [0.1, 0.15) is 44.5 Å². The number of aromatic amines is 1. The van der Waals surface area contributed by atoms with Crippen LogP contribution >= 0.6 is 0 Å². The minimum absolute atomic E-state index is 0.182. The van der Waals surface area contributed by atoms with E-state index in [1.165, 1.54) is 25.7 Å². The van der Waals surface area contributed by atoms with Crippen molar-refractivity contribution in [1.82, 2.24) is 30.8 Å². The summed E-state index contributed by atoms with van der Waals surface area (Å²) in [6.07, 6.45) is 5.20. The number of H-pyrrole nitrogens is 1. The Kier molecular flexibility index (Phi) is 2.84. The van der Waals surface area contributed by atoms with E-state index in [1.54, 1.807) is 0 Å². The maximum atomic E-state index is 4.03. The van der Waals surface area contributed by atoms with Gasteiger partial charge in [0.05, 0.1) is 6.04 Å². The molecule has 1 aromatic heterocycles. The summed E-state index contributed by atoms with van der Waals surface area (Å²) in [5.41, 5.74) is 0. The van der Waals surface area contributed by atoms with Crippen LogP contribution in [-0.2, 0) is 0 Å². The van der Waals surface area contributed by atoms with E-state index in [2.05, 4.69) is 44.8 Å². The van der Waals surface area contributed by atoms with Crippen LogP contribution in [0.15, 0.2) is 0 Å². The number of hydrogen-bond donors (Lipinski definition) is 2. The molecule has 94 valence electrons. The summed E-state index contributed by atoms with van der Waals surface area (Å²) in [6.45, 7) is 2.10. The maximum Gasteiger partial charge on any atom is 0.191 e. The zero-order chi connectivity index (χ0) is 11.8. The number of rotatable bonds is 3. The first-order chi connectivity index (χ1) is 8.24. The Hall–Kier alpha value is -1.01. The lowest BCUT2D eigenvalue weighted by Crippen LogP contribution is -2.47. The predicted molar refractivity (Wildman–Crippen MR) is 63.3 cm³/mol. The molecule has 3 atom stereocenters. The standard InChI is InChI=1S/C11H20N6/c1-7(11-13-15-16-14-11)12-8-5-9-3-4-10(6-8)17(9)2/h7-10,12H,3-6H2,1-2H3,(H,13,14,15,16). The second kappa shape index (κ2) is 4.34. The number of nitrogens with zero attached hydrogens (tertiary/aromatic N) is 4. The average Bonchev–Trinajstić information content (AvgIpc) is 2.88. The van der Waals surface area contributed by atoms with Crippen LogP contribution in [0.5, 0.6) is 0 Å². The third-order valence-electron chi connectivity index (χ3n) is 4.33. The SMILES string of the molecule is CC(NC1CC2CCC(C1)N2C)c1nn[nH]n1. The molecule has 3 rings (SSSR count). The van der Waals surface area contributed by atoms with Crippen LogP contribution in [0, 0.1) is 0 Å². The summed E-state index contributed by atoms with van der Waals surface area (Å²) >= 11 is 0. The molecule has 6 heteroatoms. The highest BCUT2D eigenvalue weighted by Gasteiger charge is 2.38. The van der Waals surface area contributed by atoms with E-state index in [9.17, 15) is 0 Å². The molecule has 0 saturated carbocycles. The van der Waals surface area contributed by atoms with E-state index in [1.807, 2.05) is 0 Å². The second-order valence-corrected chi connectivity index (χ2v) is 5.38. The monoisotopic (exact) mass is 236 g/mol.